The average Bonchev–Trinajstić information content (AvgIpc) is 3.33. The van der Waals surface area contributed by atoms with Crippen LogP contribution in [0.1, 0.15) is 13.3 Å². The first-order chi connectivity index (χ1) is 13.1. The van der Waals surface area contributed by atoms with Gasteiger partial charge in [-0.3, -0.25) is 0 Å². The first-order valence-electron chi connectivity index (χ1n) is 8.53. The number of nitrogens with zero attached hydrogens (tertiary/aromatic N) is 7. The van der Waals surface area contributed by atoms with Crippen LogP contribution in [-0.4, -0.2) is 51.9 Å². The van der Waals surface area contributed by atoms with E-state index in [2.05, 4.69) is 31.0 Å². The summed E-state index contributed by atoms with van der Waals surface area (Å²) in [6, 6.07) is 4.59. The van der Waals surface area contributed by atoms with Crippen LogP contribution in [0.4, 0.5) is 5.69 Å². The van der Waals surface area contributed by atoms with Gasteiger partial charge >= 0.3 is 6.01 Å². The monoisotopic (exact) mass is 365 g/mol. The summed E-state index contributed by atoms with van der Waals surface area (Å²) in [5.74, 6) is 0.378. The van der Waals surface area contributed by atoms with Crippen molar-refractivity contribution in [2.45, 2.75) is 13.3 Å². The summed E-state index contributed by atoms with van der Waals surface area (Å²) in [7, 11) is 3.04. The molecule has 1 aliphatic heterocycles. The molecular weight excluding hydrogens is 346 g/mol. The number of rotatable bonds is 4. The quantitative estimate of drug-likeness (QED) is 0.691. The van der Waals surface area contributed by atoms with Gasteiger partial charge in [0.05, 0.1) is 37.0 Å². The van der Waals surface area contributed by atoms with Gasteiger partial charge in [-0.25, -0.2) is 14.5 Å². The van der Waals surface area contributed by atoms with Crippen LogP contribution >= 0.6 is 0 Å². The highest BCUT2D eigenvalue weighted by atomic mass is 16.5. The lowest BCUT2D eigenvalue weighted by atomic mass is 9.92. The van der Waals surface area contributed by atoms with Gasteiger partial charge in [-0.15, -0.1) is 0 Å². The normalized spacial score (nSPS) is 19.3. The standard InChI is InChI=1S/C18H19N7O2/c1-18(10-19)4-6-24(11-18)14-8-13(23-25-7-5-20-15(14)25)12-9-21-17(27-3)22-16(12)26-2/h5,7-9H,4,6,11H2,1-3H3. The van der Waals surface area contributed by atoms with Gasteiger partial charge in [0.2, 0.25) is 5.88 Å². The van der Waals surface area contributed by atoms with Gasteiger partial charge in [0, 0.05) is 31.7 Å². The van der Waals surface area contributed by atoms with Crippen LogP contribution in [0.5, 0.6) is 11.9 Å². The fourth-order valence-electron chi connectivity index (χ4n) is 3.30. The van der Waals surface area contributed by atoms with E-state index < -0.39 is 0 Å². The molecule has 0 aliphatic carbocycles. The van der Waals surface area contributed by atoms with E-state index in [-0.39, 0.29) is 11.4 Å². The molecular formula is C18H19N7O2. The van der Waals surface area contributed by atoms with E-state index in [1.165, 1.54) is 7.11 Å². The van der Waals surface area contributed by atoms with Crippen molar-refractivity contribution in [3.05, 3.63) is 24.7 Å². The number of anilines is 1. The van der Waals surface area contributed by atoms with Gasteiger partial charge in [-0.1, -0.05) is 0 Å². The van der Waals surface area contributed by atoms with Crippen LogP contribution in [0.15, 0.2) is 24.7 Å². The first-order valence-corrected chi connectivity index (χ1v) is 8.53. The van der Waals surface area contributed by atoms with Crippen molar-refractivity contribution in [2.24, 2.45) is 5.41 Å². The van der Waals surface area contributed by atoms with Crippen LogP contribution in [0.25, 0.3) is 16.9 Å². The average molecular weight is 365 g/mol. The second kappa shape index (κ2) is 6.39. The maximum atomic E-state index is 9.46. The van der Waals surface area contributed by atoms with Crippen molar-refractivity contribution in [2.75, 3.05) is 32.2 Å². The van der Waals surface area contributed by atoms with Gasteiger partial charge in [-0.2, -0.15) is 15.3 Å². The molecule has 4 rings (SSSR count). The van der Waals surface area contributed by atoms with Crippen LogP contribution in [0, 0.1) is 16.7 Å². The fraction of sp³-hybridized carbons (Fsp3) is 0.389. The zero-order valence-corrected chi connectivity index (χ0v) is 15.4. The third-order valence-corrected chi connectivity index (χ3v) is 4.81. The minimum Gasteiger partial charge on any atom is -0.480 e. The zero-order valence-electron chi connectivity index (χ0n) is 15.4. The molecule has 0 radical (unpaired) electrons. The molecule has 1 saturated heterocycles. The lowest BCUT2D eigenvalue weighted by molar-refractivity contribution is 0.353. The van der Waals surface area contributed by atoms with Gasteiger partial charge in [0.1, 0.15) is 5.69 Å². The number of hydrogen-bond acceptors (Lipinski definition) is 8. The zero-order chi connectivity index (χ0) is 19.0. The summed E-state index contributed by atoms with van der Waals surface area (Å²) in [6.45, 7) is 3.41. The molecule has 0 amide bonds. The van der Waals surface area contributed by atoms with Crippen molar-refractivity contribution in [3.63, 3.8) is 0 Å². The third-order valence-electron chi connectivity index (χ3n) is 4.81. The molecule has 27 heavy (non-hydrogen) atoms. The molecule has 138 valence electrons. The summed E-state index contributed by atoms with van der Waals surface area (Å²) in [5, 5.41) is 14.1. The predicted molar refractivity (Wildman–Crippen MR) is 97.7 cm³/mol. The van der Waals surface area contributed by atoms with Gasteiger partial charge < -0.3 is 14.4 Å². The van der Waals surface area contributed by atoms with E-state index in [1.54, 1.807) is 30.2 Å². The Morgan fingerprint density at radius 2 is 2.11 bits per heavy atom. The van der Waals surface area contributed by atoms with Crippen LogP contribution in [0.2, 0.25) is 0 Å². The molecule has 0 N–H and O–H groups in total. The Balaban J connectivity index is 1.84. The topological polar surface area (TPSA) is 101 Å². The van der Waals surface area contributed by atoms with E-state index in [0.717, 1.165) is 24.3 Å². The molecule has 1 unspecified atom stereocenters. The summed E-state index contributed by atoms with van der Waals surface area (Å²) < 4.78 is 12.2. The van der Waals surface area contributed by atoms with Crippen LogP contribution in [0.3, 0.4) is 0 Å². The number of hydrogen-bond donors (Lipinski definition) is 0. The number of fused-ring (bicyclic) bond motifs is 1. The second-order valence-electron chi connectivity index (χ2n) is 6.73. The molecule has 1 aliphatic rings. The van der Waals surface area contributed by atoms with Crippen molar-refractivity contribution >= 4 is 11.3 Å². The molecule has 3 aromatic heterocycles. The molecule has 0 aromatic carbocycles. The smallest absolute Gasteiger partial charge is 0.319 e. The summed E-state index contributed by atoms with van der Waals surface area (Å²) in [6.07, 6.45) is 5.93. The Labute approximate surface area is 156 Å². The molecule has 3 aromatic rings. The van der Waals surface area contributed by atoms with E-state index in [4.69, 9.17) is 9.47 Å². The van der Waals surface area contributed by atoms with E-state index >= 15 is 0 Å². The van der Waals surface area contributed by atoms with Crippen molar-refractivity contribution < 1.29 is 9.47 Å². The Morgan fingerprint density at radius 1 is 1.26 bits per heavy atom. The third kappa shape index (κ3) is 2.89. The van der Waals surface area contributed by atoms with Gasteiger partial charge in [-0.05, 0) is 19.4 Å². The Kier molecular flexibility index (Phi) is 4.03. The van der Waals surface area contributed by atoms with Crippen molar-refractivity contribution in [1.82, 2.24) is 24.6 Å². The first kappa shape index (κ1) is 17.0. The molecule has 0 saturated carbocycles. The van der Waals surface area contributed by atoms with Crippen LogP contribution < -0.4 is 14.4 Å². The van der Waals surface area contributed by atoms with Crippen molar-refractivity contribution in [1.29, 1.82) is 5.26 Å². The Hall–Kier alpha value is -3.41. The highest BCUT2D eigenvalue weighted by molar-refractivity contribution is 5.76. The lowest BCUT2D eigenvalue weighted by Gasteiger charge is -2.21. The van der Waals surface area contributed by atoms with E-state index in [1.807, 2.05) is 13.0 Å². The number of aromatic nitrogens is 5. The number of imidazole rings is 1. The predicted octanol–water partition coefficient (Wildman–Crippen LogP) is 1.94. The molecule has 4 heterocycles. The molecule has 1 fully saturated rings. The second-order valence-corrected chi connectivity index (χ2v) is 6.73. The SMILES string of the molecule is COc1ncc(-c2cc(N3CCC(C)(C#N)C3)c3nccn3n2)c(OC)n1. The maximum absolute atomic E-state index is 9.46. The van der Waals surface area contributed by atoms with Gasteiger partial charge in [0.25, 0.3) is 0 Å². The summed E-state index contributed by atoms with van der Waals surface area (Å²) in [5.41, 5.74) is 2.60. The van der Waals surface area contributed by atoms with Crippen LogP contribution in [-0.2, 0) is 0 Å². The van der Waals surface area contributed by atoms with E-state index in [9.17, 15) is 5.26 Å². The summed E-state index contributed by atoms with van der Waals surface area (Å²) >= 11 is 0. The lowest BCUT2D eigenvalue weighted by Crippen LogP contribution is -2.24. The minimum absolute atomic E-state index is 0.226. The molecule has 9 nitrogen and oxygen atoms in total. The maximum Gasteiger partial charge on any atom is 0.319 e. The molecule has 0 bridgehead atoms. The number of methoxy groups -OCH3 is 2. The molecule has 1 atom stereocenters. The minimum atomic E-state index is -0.367. The molecule has 9 heteroatoms. The highest BCUT2D eigenvalue weighted by Gasteiger charge is 2.35. The van der Waals surface area contributed by atoms with Crippen molar-refractivity contribution in [3.8, 4) is 29.2 Å². The largest absolute Gasteiger partial charge is 0.480 e. The van der Waals surface area contributed by atoms with E-state index in [0.29, 0.717) is 23.7 Å². The Bertz CT molecular complexity index is 1040. The number of ether oxygens (including phenoxy) is 2. The summed E-state index contributed by atoms with van der Waals surface area (Å²) in [4.78, 5) is 15.0. The Morgan fingerprint density at radius 3 is 2.81 bits per heavy atom. The van der Waals surface area contributed by atoms with Gasteiger partial charge in [0.15, 0.2) is 5.65 Å². The number of nitriles is 1. The highest BCUT2D eigenvalue weighted by Crippen LogP contribution is 2.36. The molecule has 0 spiro atoms. The fourth-order valence-corrected chi connectivity index (χ4v) is 3.30.